The van der Waals surface area contributed by atoms with Crippen LogP contribution in [0.2, 0.25) is 0 Å². The molecule has 3 amide bonds. The molecule has 0 unspecified atom stereocenters. The van der Waals surface area contributed by atoms with Crippen LogP contribution in [-0.2, 0) is 20.9 Å². The van der Waals surface area contributed by atoms with Crippen LogP contribution in [0.4, 0.5) is 0 Å². The summed E-state index contributed by atoms with van der Waals surface area (Å²) >= 11 is 0. The van der Waals surface area contributed by atoms with Gasteiger partial charge in [0, 0.05) is 63.8 Å². The van der Waals surface area contributed by atoms with E-state index in [1.807, 2.05) is 28.0 Å². The van der Waals surface area contributed by atoms with Gasteiger partial charge in [0.05, 0.1) is 12.0 Å². The Morgan fingerprint density at radius 2 is 1.81 bits per heavy atom. The third-order valence-electron chi connectivity index (χ3n) is 9.04. The second-order valence-electron chi connectivity index (χ2n) is 11.2. The van der Waals surface area contributed by atoms with Gasteiger partial charge in [0.1, 0.15) is 11.8 Å². The summed E-state index contributed by atoms with van der Waals surface area (Å²) in [5.41, 5.74) is 0.423. The van der Waals surface area contributed by atoms with E-state index in [-0.39, 0.29) is 23.8 Å². The highest BCUT2D eigenvalue weighted by Crippen LogP contribution is 2.35. The number of aromatic hydroxyl groups is 1. The van der Waals surface area contributed by atoms with Crippen LogP contribution in [0, 0.1) is 0 Å². The van der Waals surface area contributed by atoms with Gasteiger partial charge in [-0.05, 0) is 45.2 Å². The number of phenols is 1. The molecule has 4 saturated heterocycles. The van der Waals surface area contributed by atoms with Gasteiger partial charge < -0.3 is 20.2 Å². The van der Waals surface area contributed by atoms with Crippen LogP contribution in [0.3, 0.4) is 0 Å². The molecule has 9 heteroatoms. The maximum atomic E-state index is 13.4. The first-order valence-corrected chi connectivity index (χ1v) is 13.3. The van der Waals surface area contributed by atoms with E-state index < -0.39 is 11.6 Å². The van der Waals surface area contributed by atoms with Gasteiger partial charge in [-0.2, -0.15) is 0 Å². The van der Waals surface area contributed by atoms with E-state index in [1.54, 1.807) is 13.0 Å². The van der Waals surface area contributed by atoms with Gasteiger partial charge in [0.15, 0.2) is 0 Å². The number of para-hydroxylation sites is 1. The fourth-order valence-corrected chi connectivity index (χ4v) is 6.63. The summed E-state index contributed by atoms with van der Waals surface area (Å²) in [5.74, 6) is 0.498. The minimum atomic E-state index is -0.478. The number of rotatable bonds is 4. The van der Waals surface area contributed by atoms with Crippen molar-refractivity contribution in [2.24, 2.45) is 0 Å². The fraction of sp³-hybridized carbons (Fsp3) is 0.667. The molecule has 2 atom stereocenters. The molecule has 0 saturated carbocycles. The molecular formula is C27H39N5O4. The van der Waals surface area contributed by atoms with Crippen molar-refractivity contribution >= 4 is 17.7 Å². The Kier molecular flexibility index (Phi) is 6.96. The highest BCUT2D eigenvalue weighted by atomic mass is 16.3. The van der Waals surface area contributed by atoms with E-state index in [0.29, 0.717) is 37.7 Å². The first-order chi connectivity index (χ1) is 17.2. The standard InChI is InChI=1S/C27H39N5O4/c1-19(33)31-11-7-21(8-12-31)29(2)22-15-23-26(36)28-27(16-25(35)32(23)18-22)9-13-30(14-10-27)17-20-5-3-4-6-24(20)34/h3-6,21-23,34H,7-18H2,1-2H3,(H,28,36)/t22-,23-/m0/s1. The average Bonchev–Trinajstić information content (AvgIpc) is 3.29. The minimum absolute atomic E-state index is 0.0164. The molecule has 0 aliphatic carbocycles. The number of likely N-dealkylation sites (tertiary alicyclic amines) is 2. The maximum absolute atomic E-state index is 13.4. The van der Waals surface area contributed by atoms with Gasteiger partial charge >= 0.3 is 0 Å². The summed E-state index contributed by atoms with van der Waals surface area (Å²) < 4.78 is 0. The van der Waals surface area contributed by atoms with Crippen molar-refractivity contribution in [3.8, 4) is 5.75 Å². The van der Waals surface area contributed by atoms with Crippen LogP contribution in [-0.4, -0.2) is 106 Å². The molecule has 4 aliphatic rings. The Morgan fingerprint density at radius 3 is 2.47 bits per heavy atom. The summed E-state index contributed by atoms with van der Waals surface area (Å²) in [6.45, 7) is 5.97. The van der Waals surface area contributed by atoms with Crippen molar-refractivity contribution in [1.29, 1.82) is 0 Å². The molecule has 1 aromatic carbocycles. The number of benzene rings is 1. The molecule has 1 aromatic rings. The second-order valence-corrected chi connectivity index (χ2v) is 11.2. The predicted molar refractivity (Wildman–Crippen MR) is 135 cm³/mol. The number of piperidine rings is 2. The Bertz CT molecular complexity index is 972. The van der Waals surface area contributed by atoms with Crippen LogP contribution in [0.1, 0.15) is 51.0 Å². The van der Waals surface area contributed by atoms with Gasteiger partial charge in [-0.3, -0.25) is 24.2 Å². The summed E-state index contributed by atoms with van der Waals surface area (Å²) in [6.07, 6.45) is 4.34. The van der Waals surface area contributed by atoms with Crippen molar-refractivity contribution in [3.05, 3.63) is 29.8 Å². The van der Waals surface area contributed by atoms with Gasteiger partial charge in [-0.25, -0.2) is 0 Å². The molecule has 5 rings (SSSR count). The molecule has 0 radical (unpaired) electrons. The molecule has 0 aromatic heterocycles. The normalized spacial score (nSPS) is 27.3. The molecule has 2 N–H and O–H groups in total. The Balaban J connectivity index is 1.18. The fourth-order valence-electron chi connectivity index (χ4n) is 6.63. The second kappa shape index (κ2) is 10.0. The van der Waals surface area contributed by atoms with Gasteiger partial charge in [-0.15, -0.1) is 0 Å². The zero-order valence-corrected chi connectivity index (χ0v) is 21.5. The van der Waals surface area contributed by atoms with Crippen LogP contribution < -0.4 is 5.32 Å². The van der Waals surface area contributed by atoms with E-state index in [0.717, 1.165) is 57.4 Å². The summed E-state index contributed by atoms with van der Waals surface area (Å²) in [6, 6.07) is 7.52. The van der Waals surface area contributed by atoms with E-state index >= 15 is 0 Å². The zero-order chi connectivity index (χ0) is 25.4. The summed E-state index contributed by atoms with van der Waals surface area (Å²) in [7, 11) is 2.11. The summed E-state index contributed by atoms with van der Waals surface area (Å²) in [5, 5.41) is 13.4. The SMILES string of the molecule is CC(=O)N1CCC(N(C)[C@H]2C[C@H]3C(=O)NC4(CCN(Cc5ccccc5O)CC4)CC(=O)N3C2)CC1. The van der Waals surface area contributed by atoms with Crippen LogP contribution in [0.15, 0.2) is 24.3 Å². The van der Waals surface area contributed by atoms with Gasteiger partial charge in [-0.1, -0.05) is 18.2 Å². The Morgan fingerprint density at radius 1 is 1.11 bits per heavy atom. The van der Waals surface area contributed by atoms with Crippen LogP contribution in [0.25, 0.3) is 0 Å². The van der Waals surface area contributed by atoms with Crippen molar-refractivity contribution in [2.75, 3.05) is 39.8 Å². The Hall–Kier alpha value is -2.65. The lowest BCUT2D eigenvalue weighted by Crippen LogP contribution is -2.56. The van der Waals surface area contributed by atoms with E-state index in [1.165, 1.54) is 0 Å². The first kappa shape index (κ1) is 25.0. The van der Waals surface area contributed by atoms with Crippen LogP contribution in [0.5, 0.6) is 5.75 Å². The maximum Gasteiger partial charge on any atom is 0.243 e. The lowest BCUT2D eigenvalue weighted by molar-refractivity contribution is -0.136. The number of carbonyl (C=O) groups excluding carboxylic acids is 3. The molecule has 1 spiro atoms. The number of likely N-dealkylation sites (N-methyl/N-ethyl adjacent to an activating group) is 1. The van der Waals surface area contributed by atoms with Crippen molar-refractivity contribution < 1.29 is 19.5 Å². The molecule has 36 heavy (non-hydrogen) atoms. The van der Waals surface area contributed by atoms with Crippen molar-refractivity contribution in [2.45, 2.75) is 75.7 Å². The highest BCUT2D eigenvalue weighted by Gasteiger charge is 2.50. The number of nitrogens with zero attached hydrogens (tertiary/aromatic N) is 4. The Labute approximate surface area is 213 Å². The largest absolute Gasteiger partial charge is 0.508 e. The van der Waals surface area contributed by atoms with Crippen LogP contribution >= 0.6 is 0 Å². The third kappa shape index (κ3) is 4.95. The monoisotopic (exact) mass is 497 g/mol. The number of nitrogens with one attached hydrogen (secondary N) is 1. The quantitative estimate of drug-likeness (QED) is 0.648. The van der Waals surface area contributed by atoms with E-state index in [2.05, 4.69) is 22.2 Å². The molecule has 9 nitrogen and oxygen atoms in total. The average molecular weight is 498 g/mol. The third-order valence-corrected chi connectivity index (χ3v) is 9.04. The lowest BCUT2D eigenvalue weighted by atomic mass is 9.83. The molecule has 0 bridgehead atoms. The first-order valence-electron chi connectivity index (χ1n) is 13.3. The van der Waals surface area contributed by atoms with Gasteiger partial charge in [0.25, 0.3) is 0 Å². The number of carbonyl (C=O) groups is 3. The molecule has 196 valence electrons. The molecule has 4 heterocycles. The molecule has 4 fully saturated rings. The topological polar surface area (TPSA) is 96.4 Å². The molecule has 4 aliphatic heterocycles. The highest BCUT2D eigenvalue weighted by molar-refractivity contribution is 5.92. The number of amides is 3. The van der Waals surface area contributed by atoms with E-state index in [4.69, 9.17) is 0 Å². The summed E-state index contributed by atoms with van der Waals surface area (Å²) in [4.78, 5) is 46.8. The van der Waals surface area contributed by atoms with Crippen molar-refractivity contribution in [1.82, 2.24) is 24.9 Å². The number of phenolic OH excluding ortho intramolecular Hbond substituents is 1. The minimum Gasteiger partial charge on any atom is -0.508 e. The predicted octanol–water partition coefficient (Wildman–Crippen LogP) is 1.16. The van der Waals surface area contributed by atoms with Crippen molar-refractivity contribution in [3.63, 3.8) is 0 Å². The smallest absolute Gasteiger partial charge is 0.243 e. The number of fused-ring (bicyclic) bond motifs is 1. The lowest BCUT2D eigenvalue weighted by Gasteiger charge is -2.41. The zero-order valence-electron chi connectivity index (χ0n) is 21.5. The van der Waals surface area contributed by atoms with E-state index in [9.17, 15) is 19.5 Å². The number of hydrogen-bond acceptors (Lipinski definition) is 6. The molecular weight excluding hydrogens is 458 g/mol. The van der Waals surface area contributed by atoms with Gasteiger partial charge in [0.2, 0.25) is 17.7 Å². The number of hydrogen-bond donors (Lipinski definition) is 2.